The largest absolute Gasteiger partial charge is 0.334 e. The van der Waals surface area contributed by atoms with Crippen molar-refractivity contribution in [1.29, 1.82) is 0 Å². The Hall–Kier alpha value is -2.67. The molecule has 1 N–H and O–H groups in total. The van der Waals surface area contributed by atoms with Crippen molar-refractivity contribution < 1.29 is 4.79 Å². The van der Waals surface area contributed by atoms with Crippen molar-refractivity contribution in [3.8, 4) is 0 Å². The molecule has 0 bridgehead atoms. The number of hydrogen-bond donors (Lipinski definition) is 1. The van der Waals surface area contributed by atoms with E-state index < -0.39 is 0 Å². The van der Waals surface area contributed by atoms with E-state index in [9.17, 15) is 9.59 Å². The van der Waals surface area contributed by atoms with Crippen molar-refractivity contribution in [2.24, 2.45) is 5.92 Å². The van der Waals surface area contributed by atoms with Gasteiger partial charge in [0.25, 0.3) is 11.5 Å². The van der Waals surface area contributed by atoms with E-state index in [1.54, 1.807) is 21.9 Å². The minimum absolute atomic E-state index is 0. The van der Waals surface area contributed by atoms with Crippen LogP contribution in [0.25, 0.3) is 0 Å². The fraction of sp³-hybridized carbons (Fsp3) is 0.370. The summed E-state index contributed by atoms with van der Waals surface area (Å²) in [5.74, 6) is 0.195. The Bertz CT molecular complexity index is 1120. The second kappa shape index (κ2) is 14.0. The first-order chi connectivity index (χ1) is 16.1. The van der Waals surface area contributed by atoms with Crippen molar-refractivity contribution in [2.75, 3.05) is 19.6 Å². The van der Waals surface area contributed by atoms with E-state index in [2.05, 4.69) is 22.4 Å². The monoisotopic (exact) mass is 516 g/mol. The molecular formula is C27H34Cl2N4O2. The molecule has 1 aliphatic rings. The molecule has 1 aromatic carbocycles. The van der Waals surface area contributed by atoms with E-state index in [1.807, 2.05) is 49.5 Å². The number of amides is 1. The van der Waals surface area contributed by atoms with Crippen molar-refractivity contribution in [3.05, 3.63) is 99.7 Å². The van der Waals surface area contributed by atoms with Crippen molar-refractivity contribution in [3.63, 3.8) is 0 Å². The predicted molar refractivity (Wildman–Crippen MR) is 145 cm³/mol. The minimum atomic E-state index is -0.214. The van der Waals surface area contributed by atoms with Crippen LogP contribution in [0.2, 0.25) is 0 Å². The van der Waals surface area contributed by atoms with Crippen LogP contribution in [-0.2, 0) is 19.5 Å². The van der Waals surface area contributed by atoms with Gasteiger partial charge in [-0.25, -0.2) is 0 Å². The lowest BCUT2D eigenvalue weighted by molar-refractivity contribution is 0.0741. The molecule has 188 valence electrons. The molecule has 2 aromatic heterocycles. The van der Waals surface area contributed by atoms with Crippen LogP contribution in [0.3, 0.4) is 0 Å². The minimum Gasteiger partial charge on any atom is -0.334 e. The zero-order valence-electron chi connectivity index (χ0n) is 20.1. The van der Waals surface area contributed by atoms with Gasteiger partial charge in [0, 0.05) is 38.2 Å². The van der Waals surface area contributed by atoms with Gasteiger partial charge in [-0.15, -0.1) is 24.8 Å². The molecule has 35 heavy (non-hydrogen) atoms. The number of rotatable bonds is 8. The first kappa shape index (κ1) is 28.6. The van der Waals surface area contributed by atoms with Gasteiger partial charge in [0.2, 0.25) is 0 Å². The second-order valence-corrected chi connectivity index (χ2v) is 8.87. The van der Waals surface area contributed by atoms with Gasteiger partial charge in [-0.3, -0.25) is 14.6 Å². The molecule has 6 nitrogen and oxygen atoms in total. The number of halogens is 2. The highest BCUT2D eigenvalue weighted by Crippen LogP contribution is 2.15. The summed E-state index contributed by atoms with van der Waals surface area (Å²) in [6, 6.07) is 15.8. The van der Waals surface area contributed by atoms with Crippen LogP contribution in [0.5, 0.6) is 0 Å². The van der Waals surface area contributed by atoms with Crippen molar-refractivity contribution in [2.45, 2.75) is 39.3 Å². The average Bonchev–Trinajstić information content (AvgIpc) is 2.85. The quantitative estimate of drug-likeness (QED) is 0.485. The van der Waals surface area contributed by atoms with Crippen LogP contribution < -0.4 is 10.9 Å². The highest BCUT2D eigenvalue weighted by molar-refractivity contribution is 5.95. The lowest BCUT2D eigenvalue weighted by Gasteiger charge is -2.25. The summed E-state index contributed by atoms with van der Waals surface area (Å²) in [4.78, 5) is 33.1. The fourth-order valence-electron chi connectivity index (χ4n) is 4.46. The molecule has 3 aromatic rings. The fourth-order valence-corrected chi connectivity index (χ4v) is 4.46. The van der Waals surface area contributed by atoms with Crippen molar-refractivity contribution >= 4 is 30.7 Å². The SMILES string of the molecule is Cc1ccn(CC2CCCNC2)c(=O)c1C(=O)N(CCc1ccccc1)Cc1cccnc1.Cl.Cl. The third kappa shape index (κ3) is 7.66. The molecule has 1 fully saturated rings. The molecule has 1 amide bonds. The van der Waals surface area contributed by atoms with E-state index in [4.69, 9.17) is 0 Å². The maximum atomic E-state index is 13.7. The van der Waals surface area contributed by atoms with Gasteiger partial charge in [-0.05, 0) is 74.0 Å². The van der Waals surface area contributed by atoms with E-state index >= 15 is 0 Å². The van der Waals surface area contributed by atoms with Gasteiger partial charge in [0.05, 0.1) is 0 Å². The Kier molecular flexibility index (Phi) is 11.4. The van der Waals surface area contributed by atoms with Gasteiger partial charge in [0.15, 0.2) is 0 Å². The topological polar surface area (TPSA) is 67.2 Å². The van der Waals surface area contributed by atoms with E-state index in [1.165, 1.54) is 0 Å². The number of nitrogens with zero attached hydrogens (tertiary/aromatic N) is 3. The van der Waals surface area contributed by atoms with Gasteiger partial charge < -0.3 is 14.8 Å². The molecule has 8 heteroatoms. The maximum absolute atomic E-state index is 13.7. The predicted octanol–water partition coefficient (Wildman–Crippen LogP) is 4.28. The number of hydrogen-bond acceptors (Lipinski definition) is 4. The van der Waals surface area contributed by atoms with Crippen LogP contribution in [0, 0.1) is 12.8 Å². The second-order valence-electron chi connectivity index (χ2n) is 8.87. The van der Waals surface area contributed by atoms with Gasteiger partial charge in [-0.1, -0.05) is 36.4 Å². The first-order valence-electron chi connectivity index (χ1n) is 11.7. The maximum Gasteiger partial charge on any atom is 0.263 e. The molecule has 0 radical (unpaired) electrons. The summed E-state index contributed by atoms with van der Waals surface area (Å²) in [7, 11) is 0. The van der Waals surface area contributed by atoms with Crippen molar-refractivity contribution in [1.82, 2.24) is 19.8 Å². The number of piperidine rings is 1. The summed E-state index contributed by atoms with van der Waals surface area (Å²) in [5, 5.41) is 3.40. The molecular weight excluding hydrogens is 483 g/mol. The zero-order valence-corrected chi connectivity index (χ0v) is 21.7. The molecule has 1 atom stereocenters. The Morgan fingerprint density at radius 2 is 1.89 bits per heavy atom. The number of benzene rings is 1. The van der Waals surface area contributed by atoms with Crippen LogP contribution in [0.15, 0.2) is 71.9 Å². The molecule has 4 rings (SSSR count). The van der Waals surface area contributed by atoms with E-state index in [-0.39, 0.29) is 41.8 Å². The smallest absolute Gasteiger partial charge is 0.263 e. The molecule has 3 heterocycles. The number of carbonyl (C=O) groups excluding carboxylic acids is 1. The number of nitrogens with one attached hydrogen (secondary N) is 1. The third-order valence-electron chi connectivity index (χ3n) is 6.34. The third-order valence-corrected chi connectivity index (χ3v) is 6.34. The Labute approximate surface area is 219 Å². The summed E-state index contributed by atoms with van der Waals surface area (Å²) in [6.45, 7) is 5.37. The standard InChI is InChI=1S/C27H32N4O2.2ClH/c1-21-11-15-30(19-23-9-5-13-28-17-23)26(32)25(21)27(33)31(20-24-10-6-14-29-18-24)16-12-22-7-3-2-4-8-22;;/h2-4,6-8,10-11,14-15,18,23,28H,5,9,12-13,16-17,19-20H2,1H3;2*1H. The molecule has 0 spiro atoms. The first-order valence-corrected chi connectivity index (χ1v) is 11.7. The van der Waals surface area contributed by atoms with E-state index in [0.29, 0.717) is 25.6 Å². The summed E-state index contributed by atoms with van der Waals surface area (Å²) < 4.78 is 1.72. The average molecular weight is 518 g/mol. The lowest BCUT2D eigenvalue weighted by Crippen LogP contribution is -2.40. The highest BCUT2D eigenvalue weighted by atomic mass is 35.5. The highest BCUT2D eigenvalue weighted by Gasteiger charge is 2.23. The van der Waals surface area contributed by atoms with Gasteiger partial charge in [-0.2, -0.15) is 0 Å². The van der Waals surface area contributed by atoms with Gasteiger partial charge in [0.1, 0.15) is 5.56 Å². The van der Waals surface area contributed by atoms with Crippen LogP contribution in [0.1, 0.15) is 39.9 Å². The van der Waals surface area contributed by atoms with Crippen LogP contribution in [-0.4, -0.2) is 40.0 Å². The number of aromatic nitrogens is 2. The molecule has 0 saturated carbocycles. The molecule has 1 saturated heterocycles. The summed E-state index contributed by atoms with van der Waals surface area (Å²) in [5.41, 5.74) is 2.91. The normalized spacial score (nSPS) is 14.9. The number of aryl methyl sites for hydroxylation is 1. The van der Waals surface area contributed by atoms with Gasteiger partial charge >= 0.3 is 0 Å². The molecule has 1 unspecified atom stereocenters. The molecule has 0 aliphatic carbocycles. The summed E-state index contributed by atoms with van der Waals surface area (Å²) in [6.07, 6.45) is 8.27. The zero-order chi connectivity index (χ0) is 23.0. The number of carbonyl (C=O) groups is 1. The Morgan fingerprint density at radius 1 is 1.11 bits per heavy atom. The Morgan fingerprint density at radius 3 is 2.57 bits per heavy atom. The lowest BCUT2D eigenvalue weighted by atomic mass is 9.99. The summed E-state index contributed by atoms with van der Waals surface area (Å²) >= 11 is 0. The van der Waals surface area contributed by atoms with Crippen LogP contribution >= 0.6 is 24.8 Å². The van der Waals surface area contributed by atoms with Crippen LogP contribution in [0.4, 0.5) is 0 Å². The molecule has 1 aliphatic heterocycles. The number of pyridine rings is 2. The van der Waals surface area contributed by atoms with E-state index in [0.717, 1.165) is 49.0 Å². The Balaban J connectivity index is 0.00000216.